The van der Waals surface area contributed by atoms with Crippen molar-refractivity contribution in [3.63, 3.8) is 0 Å². The summed E-state index contributed by atoms with van der Waals surface area (Å²) in [4.78, 5) is 18.2. The van der Waals surface area contributed by atoms with Gasteiger partial charge in [0.15, 0.2) is 17.4 Å². The number of carbonyl (C=O) groups is 1. The van der Waals surface area contributed by atoms with E-state index in [0.717, 1.165) is 55.9 Å². The van der Waals surface area contributed by atoms with E-state index in [0.29, 0.717) is 42.1 Å². The van der Waals surface area contributed by atoms with E-state index in [1.165, 1.54) is 18.2 Å². The zero-order valence-electron chi connectivity index (χ0n) is 25.4. The van der Waals surface area contributed by atoms with E-state index in [9.17, 15) is 14.3 Å². The van der Waals surface area contributed by atoms with Gasteiger partial charge in [-0.05, 0) is 85.4 Å². The van der Waals surface area contributed by atoms with Crippen LogP contribution in [0.15, 0.2) is 60.7 Å². The molecular formula is C35H34F2N4O5. The van der Waals surface area contributed by atoms with Gasteiger partial charge in [-0.15, -0.1) is 0 Å². The Morgan fingerprint density at radius 1 is 1.13 bits per heavy atom. The molecule has 1 aromatic heterocycles. The normalized spacial score (nSPS) is 17.4. The van der Waals surface area contributed by atoms with Crippen molar-refractivity contribution in [1.82, 2.24) is 14.5 Å². The molecule has 0 saturated carbocycles. The summed E-state index contributed by atoms with van der Waals surface area (Å²) in [6.07, 6.45) is 3.62. The molecule has 238 valence electrons. The zero-order chi connectivity index (χ0) is 32.2. The minimum atomic E-state index is -1.08. The molecule has 1 N–H and O–H groups in total. The number of benzene rings is 3. The number of hydrogen-bond acceptors (Lipinski definition) is 7. The molecule has 3 heterocycles. The van der Waals surface area contributed by atoms with E-state index in [4.69, 9.17) is 24.5 Å². The Balaban J connectivity index is 1.09. The van der Waals surface area contributed by atoms with Crippen molar-refractivity contribution in [2.45, 2.75) is 58.1 Å². The maximum absolute atomic E-state index is 15.3. The van der Waals surface area contributed by atoms with Crippen molar-refractivity contribution in [3.05, 3.63) is 94.8 Å². The second-order valence-electron chi connectivity index (χ2n) is 11.7. The monoisotopic (exact) mass is 628 g/mol. The maximum Gasteiger partial charge on any atom is 0.328 e. The summed E-state index contributed by atoms with van der Waals surface area (Å²) >= 11 is 0. The number of halogens is 2. The smallest absolute Gasteiger partial charge is 0.328 e. The third-order valence-electron chi connectivity index (χ3n) is 8.42. The Morgan fingerprint density at radius 2 is 1.93 bits per heavy atom. The first-order valence-corrected chi connectivity index (χ1v) is 15.3. The van der Waals surface area contributed by atoms with Crippen LogP contribution >= 0.6 is 0 Å². The van der Waals surface area contributed by atoms with E-state index in [-0.39, 0.29) is 35.6 Å². The maximum atomic E-state index is 15.3. The molecule has 0 unspecified atom stereocenters. The molecule has 0 aliphatic carbocycles. The number of aromatic nitrogens is 2. The van der Waals surface area contributed by atoms with Gasteiger partial charge in [0.05, 0.1) is 36.3 Å². The van der Waals surface area contributed by atoms with E-state index >= 15 is 4.39 Å². The summed E-state index contributed by atoms with van der Waals surface area (Å²) in [6, 6.07) is 16.7. The average molecular weight is 629 g/mol. The van der Waals surface area contributed by atoms with Gasteiger partial charge in [-0.1, -0.05) is 12.1 Å². The van der Waals surface area contributed by atoms with Crippen LogP contribution in [-0.4, -0.2) is 57.4 Å². The number of fused-ring (bicyclic) bond motifs is 1. The number of carboxylic acids is 1. The molecule has 0 radical (unpaired) electrons. The summed E-state index contributed by atoms with van der Waals surface area (Å²) in [5, 5.41) is 18.1. The average Bonchev–Trinajstić information content (AvgIpc) is 3.36. The van der Waals surface area contributed by atoms with Gasteiger partial charge in [0, 0.05) is 25.8 Å². The molecular weight excluding hydrogens is 594 g/mol. The standard InChI is InChI=1S/C35H34F2N4O5/c1-22(13-34(42)43)25-16-30(37)35-31(17-25)41(19-28-9-12-44-28)33(39-35)20-40-10-7-26(8-11-40)46-27-4-2-3-24(14-27)21-45-32-6-5-23(18-38)15-29(32)36/h2-6,13-17,26,28H,7-12,19-21H2,1H3,(H,42,43)/b22-13+/t28-/m0/s1. The number of aliphatic carboxylic acids is 1. The van der Waals surface area contributed by atoms with Crippen LogP contribution in [0.3, 0.4) is 0 Å². The fourth-order valence-corrected chi connectivity index (χ4v) is 5.82. The Hall–Kier alpha value is -4.79. The number of likely N-dealkylation sites (tertiary alicyclic amines) is 1. The van der Waals surface area contributed by atoms with Crippen molar-refractivity contribution in [1.29, 1.82) is 5.26 Å². The molecule has 6 rings (SSSR count). The second kappa shape index (κ2) is 13.7. The molecule has 3 aromatic carbocycles. The topological polar surface area (TPSA) is 110 Å². The number of nitrogens with zero attached hydrogens (tertiary/aromatic N) is 4. The predicted molar refractivity (Wildman–Crippen MR) is 166 cm³/mol. The first-order valence-electron chi connectivity index (χ1n) is 15.3. The number of piperidine rings is 1. The highest BCUT2D eigenvalue weighted by Gasteiger charge is 2.26. The third-order valence-corrected chi connectivity index (χ3v) is 8.42. The Bertz CT molecular complexity index is 1820. The second-order valence-corrected chi connectivity index (χ2v) is 11.7. The van der Waals surface area contributed by atoms with Gasteiger partial charge in [-0.25, -0.2) is 18.6 Å². The highest BCUT2D eigenvalue weighted by molar-refractivity contribution is 5.91. The zero-order valence-corrected chi connectivity index (χ0v) is 25.4. The number of ether oxygens (including phenoxy) is 3. The Morgan fingerprint density at radius 3 is 2.63 bits per heavy atom. The highest BCUT2D eigenvalue weighted by atomic mass is 19.1. The summed E-state index contributed by atoms with van der Waals surface area (Å²) in [5.41, 5.74) is 2.93. The number of hydrogen-bond donors (Lipinski definition) is 1. The molecule has 2 aliphatic heterocycles. The molecule has 9 nitrogen and oxygen atoms in total. The van der Waals surface area contributed by atoms with Gasteiger partial charge in [-0.3, -0.25) is 4.90 Å². The van der Waals surface area contributed by atoms with Crippen LogP contribution in [0.2, 0.25) is 0 Å². The summed E-state index contributed by atoms with van der Waals surface area (Å²) in [7, 11) is 0. The first kappa shape index (κ1) is 31.2. The van der Waals surface area contributed by atoms with Crippen LogP contribution in [0.4, 0.5) is 8.78 Å². The van der Waals surface area contributed by atoms with E-state index < -0.39 is 17.6 Å². The minimum Gasteiger partial charge on any atom is -0.490 e. The van der Waals surface area contributed by atoms with Gasteiger partial charge in [0.2, 0.25) is 0 Å². The van der Waals surface area contributed by atoms with Crippen LogP contribution in [0.5, 0.6) is 11.5 Å². The number of carboxylic acid groups (broad SMARTS) is 1. The number of imidazole rings is 1. The molecule has 0 amide bonds. The Labute approximate surface area is 265 Å². The largest absolute Gasteiger partial charge is 0.490 e. The molecule has 2 saturated heterocycles. The highest BCUT2D eigenvalue weighted by Crippen LogP contribution is 2.29. The lowest BCUT2D eigenvalue weighted by molar-refractivity contribution is -0.131. The van der Waals surface area contributed by atoms with E-state index in [1.54, 1.807) is 6.92 Å². The molecule has 0 bridgehead atoms. The van der Waals surface area contributed by atoms with Gasteiger partial charge in [0.1, 0.15) is 29.8 Å². The van der Waals surface area contributed by atoms with Crippen molar-refractivity contribution < 1.29 is 32.9 Å². The van der Waals surface area contributed by atoms with Crippen LogP contribution < -0.4 is 9.47 Å². The van der Waals surface area contributed by atoms with E-state index in [1.807, 2.05) is 41.0 Å². The fourth-order valence-electron chi connectivity index (χ4n) is 5.82. The molecule has 11 heteroatoms. The van der Waals surface area contributed by atoms with Crippen LogP contribution in [0.1, 0.15) is 48.7 Å². The summed E-state index contributed by atoms with van der Waals surface area (Å²) < 4.78 is 49.1. The number of rotatable bonds is 11. The molecule has 2 fully saturated rings. The summed E-state index contributed by atoms with van der Waals surface area (Å²) in [6.45, 7) is 5.12. The third kappa shape index (κ3) is 7.19. The van der Waals surface area contributed by atoms with Gasteiger partial charge in [0.25, 0.3) is 0 Å². The lowest BCUT2D eigenvalue weighted by Gasteiger charge is -2.32. The fraction of sp³-hybridized carbons (Fsp3) is 0.343. The quantitative estimate of drug-likeness (QED) is 0.199. The number of allylic oxidation sites excluding steroid dienone is 1. The van der Waals surface area contributed by atoms with E-state index in [2.05, 4.69) is 4.90 Å². The van der Waals surface area contributed by atoms with Gasteiger partial charge >= 0.3 is 5.97 Å². The lowest BCUT2D eigenvalue weighted by atomic mass is 10.1. The van der Waals surface area contributed by atoms with Crippen molar-refractivity contribution >= 4 is 22.6 Å². The first-order chi connectivity index (χ1) is 22.2. The lowest BCUT2D eigenvalue weighted by Crippen LogP contribution is -2.39. The van der Waals surface area contributed by atoms with Crippen LogP contribution in [0, 0.1) is 23.0 Å². The van der Waals surface area contributed by atoms with Crippen molar-refractivity contribution in [3.8, 4) is 17.6 Å². The predicted octanol–water partition coefficient (Wildman–Crippen LogP) is 6.09. The van der Waals surface area contributed by atoms with Gasteiger partial charge < -0.3 is 23.9 Å². The molecule has 1 atom stereocenters. The Kier molecular flexibility index (Phi) is 9.28. The molecule has 2 aliphatic rings. The number of nitriles is 1. The minimum absolute atomic E-state index is 0.00887. The summed E-state index contributed by atoms with van der Waals surface area (Å²) in [5.74, 6) is -0.613. The van der Waals surface area contributed by atoms with Crippen molar-refractivity contribution in [2.24, 2.45) is 0 Å². The molecule has 4 aromatic rings. The van der Waals surface area contributed by atoms with Crippen LogP contribution in [-0.2, 0) is 29.2 Å². The molecule has 0 spiro atoms. The van der Waals surface area contributed by atoms with Gasteiger partial charge in [-0.2, -0.15) is 5.26 Å². The molecule has 46 heavy (non-hydrogen) atoms. The van der Waals surface area contributed by atoms with Crippen molar-refractivity contribution in [2.75, 3.05) is 19.7 Å². The van der Waals surface area contributed by atoms with Crippen LogP contribution in [0.25, 0.3) is 16.6 Å². The SMILES string of the molecule is C/C(=C\C(=O)O)c1cc(F)c2nc(CN3CCC(Oc4cccc(COc5ccc(C#N)cc5F)c4)CC3)n(C[C@@H]3CCO3)c2c1.